The first kappa shape index (κ1) is 22.7. The molecule has 33 heavy (non-hydrogen) atoms. The number of ether oxygens (including phenoxy) is 4. The highest BCUT2D eigenvalue weighted by Gasteiger charge is 2.15. The predicted octanol–water partition coefficient (Wildman–Crippen LogP) is 4.61. The van der Waals surface area contributed by atoms with Gasteiger partial charge in [0.1, 0.15) is 17.4 Å². The Bertz CT molecular complexity index is 1070. The lowest BCUT2D eigenvalue weighted by Crippen LogP contribution is -2.36. The van der Waals surface area contributed by atoms with Crippen LogP contribution in [0.5, 0.6) is 17.2 Å². The highest BCUT2D eigenvalue weighted by atomic mass is 16.5. The number of morpholine rings is 1. The van der Waals surface area contributed by atoms with Crippen LogP contribution < -0.4 is 24.4 Å². The summed E-state index contributed by atoms with van der Waals surface area (Å²) in [5.41, 5.74) is 3.31. The van der Waals surface area contributed by atoms with Crippen LogP contribution in [0.4, 0.5) is 17.3 Å². The van der Waals surface area contributed by atoms with E-state index in [0.717, 1.165) is 59.6 Å². The van der Waals surface area contributed by atoms with E-state index in [-0.39, 0.29) is 0 Å². The van der Waals surface area contributed by atoms with E-state index in [1.165, 1.54) is 5.56 Å². The van der Waals surface area contributed by atoms with Crippen molar-refractivity contribution in [3.63, 3.8) is 0 Å². The molecule has 0 unspecified atom stereocenters. The Labute approximate surface area is 195 Å². The minimum Gasteiger partial charge on any atom is -0.493 e. The Morgan fingerprint density at radius 2 is 1.79 bits per heavy atom. The van der Waals surface area contributed by atoms with Crippen LogP contribution in [0.2, 0.25) is 0 Å². The molecule has 1 fully saturated rings. The number of aromatic nitrogens is 1. The van der Waals surface area contributed by atoms with Crippen molar-refractivity contribution in [2.75, 3.05) is 57.3 Å². The summed E-state index contributed by atoms with van der Waals surface area (Å²) in [5.74, 6) is 3.86. The minimum absolute atomic E-state index is 0.534. The molecule has 0 aliphatic carbocycles. The SMILES string of the molecule is COc1ccc(CCOc2cc(Nc3cccc(C)c3)nc(N3CCOCC3)c2)cc1OC. The van der Waals surface area contributed by atoms with E-state index in [9.17, 15) is 0 Å². The first-order valence-electron chi connectivity index (χ1n) is 11.2. The number of hydrogen-bond acceptors (Lipinski definition) is 7. The van der Waals surface area contributed by atoms with E-state index in [1.807, 2.05) is 42.5 Å². The summed E-state index contributed by atoms with van der Waals surface area (Å²) in [7, 11) is 3.28. The molecule has 4 rings (SSSR count). The second kappa shape index (κ2) is 10.9. The molecular weight excluding hydrogens is 418 g/mol. The van der Waals surface area contributed by atoms with Crippen LogP contribution in [-0.4, -0.2) is 52.1 Å². The van der Waals surface area contributed by atoms with Crippen molar-refractivity contribution >= 4 is 17.3 Å². The second-order valence-electron chi connectivity index (χ2n) is 7.93. The van der Waals surface area contributed by atoms with Crippen molar-refractivity contribution in [3.05, 3.63) is 65.7 Å². The van der Waals surface area contributed by atoms with Crippen molar-refractivity contribution in [1.29, 1.82) is 0 Å². The summed E-state index contributed by atoms with van der Waals surface area (Å²) >= 11 is 0. The molecule has 1 aromatic heterocycles. The Morgan fingerprint density at radius 1 is 0.970 bits per heavy atom. The molecule has 1 N–H and O–H groups in total. The van der Waals surface area contributed by atoms with E-state index >= 15 is 0 Å². The van der Waals surface area contributed by atoms with Gasteiger partial charge in [0.25, 0.3) is 0 Å². The van der Waals surface area contributed by atoms with Gasteiger partial charge in [-0.1, -0.05) is 18.2 Å². The van der Waals surface area contributed by atoms with E-state index in [0.29, 0.717) is 19.8 Å². The maximum atomic E-state index is 6.16. The molecule has 3 aromatic rings. The van der Waals surface area contributed by atoms with Gasteiger partial charge in [-0.25, -0.2) is 4.98 Å². The number of hydrogen-bond donors (Lipinski definition) is 1. The fraction of sp³-hybridized carbons (Fsp3) is 0.346. The van der Waals surface area contributed by atoms with Gasteiger partial charge in [-0.15, -0.1) is 0 Å². The summed E-state index contributed by atoms with van der Waals surface area (Å²) in [6, 6.07) is 18.1. The van der Waals surface area contributed by atoms with E-state index in [4.69, 9.17) is 23.9 Å². The number of nitrogens with one attached hydrogen (secondary N) is 1. The van der Waals surface area contributed by atoms with Crippen molar-refractivity contribution < 1.29 is 18.9 Å². The lowest BCUT2D eigenvalue weighted by molar-refractivity contribution is 0.122. The van der Waals surface area contributed by atoms with Crippen LogP contribution in [0.15, 0.2) is 54.6 Å². The Kier molecular flexibility index (Phi) is 7.52. The van der Waals surface area contributed by atoms with Gasteiger partial charge in [0, 0.05) is 37.3 Å². The molecule has 0 amide bonds. The number of methoxy groups -OCH3 is 2. The lowest BCUT2D eigenvalue weighted by Gasteiger charge is -2.28. The van der Waals surface area contributed by atoms with Gasteiger partial charge in [-0.05, 0) is 42.3 Å². The van der Waals surface area contributed by atoms with Gasteiger partial charge in [-0.3, -0.25) is 0 Å². The molecule has 0 spiro atoms. The molecule has 7 nitrogen and oxygen atoms in total. The summed E-state index contributed by atoms with van der Waals surface area (Å²) in [6.45, 7) is 5.63. The van der Waals surface area contributed by atoms with Crippen molar-refractivity contribution in [2.24, 2.45) is 0 Å². The third-order valence-corrected chi connectivity index (χ3v) is 5.52. The predicted molar refractivity (Wildman–Crippen MR) is 130 cm³/mol. The largest absolute Gasteiger partial charge is 0.493 e. The van der Waals surface area contributed by atoms with Gasteiger partial charge in [0.05, 0.1) is 34.0 Å². The molecule has 7 heteroatoms. The first-order chi connectivity index (χ1) is 16.1. The number of pyridine rings is 1. The molecule has 174 valence electrons. The Morgan fingerprint density at radius 3 is 2.55 bits per heavy atom. The molecule has 0 saturated carbocycles. The van der Waals surface area contributed by atoms with Crippen LogP contribution >= 0.6 is 0 Å². The normalized spacial score (nSPS) is 13.5. The zero-order valence-electron chi connectivity index (χ0n) is 19.5. The fourth-order valence-electron chi connectivity index (χ4n) is 3.79. The van der Waals surface area contributed by atoms with Crippen LogP contribution in [0.25, 0.3) is 0 Å². The van der Waals surface area contributed by atoms with Crippen molar-refractivity contribution in [1.82, 2.24) is 4.98 Å². The quantitative estimate of drug-likeness (QED) is 0.512. The highest BCUT2D eigenvalue weighted by molar-refractivity contribution is 5.61. The average Bonchev–Trinajstić information content (AvgIpc) is 2.84. The zero-order chi connectivity index (χ0) is 23.0. The van der Waals surface area contributed by atoms with Crippen molar-refractivity contribution in [3.8, 4) is 17.2 Å². The molecule has 0 bridgehead atoms. The first-order valence-corrected chi connectivity index (χ1v) is 11.2. The van der Waals surface area contributed by atoms with Gasteiger partial charge in [0.2, 0.25) is 0 Å². The monoisotopic (exact) mass is 449 g/mol. The number of aryl methyl sites for hydroxylation is 1. The molecule has 1 aliphatic rings. The molecule has 0 radical (unpaired) electrons. The van der Waals surface area contributed by atoms with Gasteiger partial charge in [-0.2, -0.15) is 0 Å². The number of rotatable bonds is 9. The number of benzene rings is 2. The molecular formula is C26H31N3O4. The Hall–Kier alpha value is -3.45. The summed E-state index contributed by atoms with van der Waals surface area (Å²) in [5, 5.41) is 3.42. The smallest absolute Gasteiger partial charge is 0.160 e. The van der Waals surface area contributed by atoms with Crippen LogP contribution in [0.3, 0.4) is 0 Å². The number of nitrogens with zero attached hydrogens (tertiary/aromatic N) is 2. The fourth-order valence-corrected chi connectivity index (χ4v) is 3.79. The van der Waals surface area contributed by atoms with Gasteiger partial charge in [0.15, 0.2) is 11.5 Å². The summed E-state index contributed by atoms with van der Waals surface area (Å²) in [6.07, 6.45) is 0.746. The van der Waals surface area contributed by atoms with Crippen LogP contribution in [0, 0.1) is 6.92 Å². The summed E-state index contributed by atoms with van der Waals surface area (Å²) in [4.78, 5) is 7.07. The van der Waals surface area contributed by atoms with Crippen LogP contribution in [-0.2, 0) is 11.2 Å². The molecule has 1 saturated heterocycles. The lowest BCUT2D eigenvalue weighted by atomic mass is 10.1. The maximum Gasteiger partial charge on any atom is 0.160 e. The highest BCUT2D eigenvalue weighted by Crippen LogP contribution is 2.29. The third kappa shape index (κ3) is 6.08. The van der Waals surface area contributed by atoms with Gasteiger partial charge >= 0.3 is 0 Å². The molecule has 0 atom stereocenters. The molecule has 2 aromatic carbocycles. The maximum absolute atomic E-state index is 6.16. The third-order valence-electron chi connectivity index (χ3n) is 5.52. The topological polar surface area (TPSA) is 65.1 Å². The standard InChI is InChI=1S/C26H31N3O4/c1-19-5-4-6-21(15-19)27-25-17-22(18-26(28-25)29-10-13-32-14-11-29)33-12-9-20-7-8-23(30-2)24(16-20)31-3/h4-8,15-18H,9-14H2,1-3H3,(H,27,28). The summed E-state index contributed by atoms with van der Waals surface area (Å²) < 4.78 is 22.4. The van der Waals surface area contributed by atoms with Crippen LogP contribution in [0.1, 0.15) is 11.1 Å². The second-order valence-corrected chi connectivity index (χ2v) is 7.93. The molecule has 1 aliphatic heterocycles. The van der Waals surface area contributed by atoms with E-state index in [1.54, 1.807) is 14.2 Å². The number of anilines is 3. The van der Waals surface area contributed by atoms with Gasteiger partial charge < -0.3 is 29.2 Å². The minimum atomic E-state index is 0.534. The van der Waals surface area contributed by atoms with Crippen molar-refractivity contribution in [2.45, 2.75) is 13.3 Å². The molecule has 2 heterocycles. The average molecular weight is 450 g/mol. The van der Waals surface area contributed by atoms with E-state index in [2.05, 4.69) is 29.3 Å². The van der Waals surface area contributed by atoms with E-state index < -0.39 is 0 Å². The Balaban J connectivity index is 1.49. The zero-order valence-corrected chi connectivity index (χ0v) is 19.5.